The molecule has 124 valence electrons. The first-order chi connectivity index (χ1) is 10.7. The van der Waals surface area contributed by atoms with E-state index < -0.39 is 26.7 Å². The Kier molecular flexibility index (Phi) is 3.52. The second kappa shape index (κ2) is 5.17. The van der Waals surface area contributed by atoms with E-state index in [1.54, 1.807) is 0 Å². The van der Waals surface area contributed by atoms with Crippen molar-refractivity contribution in [3.63, 3.8) is 0 Å². The third-order valence-corrected chi connectivity index (χ3v) is 5.92. The van der Waals surface area contributed by atoms with Crippen LogP contribution >= 0.6 is 0 Å². The van der Waals surface area contributed by atoms with E-state index in [2.05, 4.69) is 4.72 Å². The largest absolute Gasteiger partial charge is 0.465 e. The standard InChI is InChI=1S/C13H15N3O6S/c17-12(18)15-7-13(8-15)5-9(6-13)14-23(21,22)11-4-2-1-3-10(11)16(19)20/h1-4,9,14H,5-8H2,(H,17,18). The fourth-order valence-electron chi connectivity index (χ4n) is 3.34. The molecule has 0 bridgehead atoms. The van der Waals surface area contributed by atoms with Crippen LogP contribution in [0.4, 0.5) is 10.5 Å². The van der Waals surface area contributed by atoms with Gasteiger partial charge in [-0.1, -0.05) is 12.1 Å². The zero-order chi connectivity index (χ0) is 16.8. The lowest BCUT2D eigenvalue weighted by Gasteiger charge is -2.57. The Morgan fingerprint density at radius 2 is 1.96 bits per heavy atom. The number of sulfonamides is 1. The molecular formula is C13H15N3O6S. The number of amides is 1. The van der Waals surface area contributed by atoms with Gasteiger partial charge in [0.25, 0.3) is 5.69 Å². The van der Waals surface area contributed by atoms with Gasteiger partial charge in [-0.25, -0.2) is 17.9 Å². The highest BCUT2D eigenvalue weighted by Gasteiger charge is 2.54. The molecular weight excluding hydrogens is 326 g/mol. The third-order valence-electron chi connectivity index (χ3n) is 4.36. The first-order valence-electron chi connectivity index (χ1n) is 6.96. The number of para-hydroxylation sites is 1. The molecule has 1 aliphatic heterocycles. The van der Waals surface area contributed by atoms with Gasteiger partial charge in [-0.05, 0) is 18.9 Å². The summed E-state index contributed by atoms with van der Waals surface area (Å²) in [5.41, 5.74) is -0.608. The molecule has 2 fully saturated rings. The molecule has 1 spiro atoms. The number of nitro benzene ring substituents is 1. The lowest BCUT2D eigenvalue weighted by molar-refractivity contribution is -0.387. The zero-order valence-electron chi connectivity index (χ0n) is 12.0. The molecule has 1 heterocycles. The third kappa shape index (κ3) is 2.75. The van der Waals surface area contributed by atoms with Crippen molar-refractivity contribution in [2.45, 2.75) is 23.8 Å². The van der Waals surface area contributed by atoms with Gasteiger partial charge in [-0.3, -0.25) is 10.1 Å². The smallest absolute Gasteiger partial charge is 0.407 e. The van der Waals surface area contributed by atoms with Crippen LogP contribution < -0.4 is 4.72 Å². The number of benzene rings is 1. The topological polar surface area (TPSA) is 130 Å². The van der Waals surface area contributed by atoms with Gasteiger partial charge in [0.2, 0.25) is 10.0 Å². The van der Waals surface area contributed by atoms with Crippen LogP contribution in [0.15, 0.2) is 29.2 Å². The van der Waals surface area contributed by atoms with Crippen LogP contribution in [0.1, 0.15) is 12.8 Å². The number of carbonyl (C=O) groups is 1. The summed E-state index contributed by atoms with van der Waals surface area (Å²) in [6.07, 6.45) is 0.104. The van der Waals surface area contributed by atoms with E-state index in [-0.39, 0.29) is 16.4 Å². The number of likely N-dealkylation sites (tertiary alicyclic amines) is 1. The van der Waals surface area contributed by atoms with Crippen LogP contribution in [0, 0.1) is 15.5 Å². The molecule has 9 nitrogen and oxygen atoms in total. The Morgan fingerprint density at radius 3 is 2.52 bits per heavy atom. The van der Waals surface area contributed by atoms with Crippen molar-refractivity contribution in [2.75, 3.05) is 13.1 Å². The van der Waals surface area contributed by atoms with Crippen LogP contribution in [0.3, 0.4) is 0 Å². The molecule has 3 rings (SSSR count). The van der Waals surface area contributed by atoms with Crippen LogP contribution in [-0.4, -0.2) is 48.6 Å². The van der Waals surface area contributed by atoms with Crippen molar-refractivity contribution in [1.29, 1.82) is 0 Å². The summed E-state index contributed by atoms with van der Waals surface area (Å²) in [5, 5.41) is 19.8. The Labute approximate surface area is 132 Å². The molecule has 1 aromatic carbocycles. The van der Waals surface area contributed by atoms with E-state index in [1.165, 1.54) is 23.1 Å². The maximum Gasteiger partial charge on any atom is 0.407 e. The van der Waals surface area contributed by atoms with Crippen molar-refractivity contribution in [3.05, 3.63) is 34.4 Å². The summed E-state index contributed by atoms with van der Waals surface area (Å²) in [6, 6.07) is 4.86. The monoisotopic (exact) mass is 341 g/mol. The Hall–Kier alpha value is -2.20. The number of hydrogen-bond donors (Lipinski definition) is 2. The molecule has 1 aliphatic carbocycles. The first-order valence-corrected chi connectivity index (χ1v) is 8.44. The summed E-state index contributed by atoms with van der Waals surface area (Å²) < 4.78 is 27.1. The average Bonchev–Trinajstić information content (AvgIpc) is 2.39. The molecule has 0 unspecified atom stereocenters. The molecule has 1 saturated carbocycles. The second-order valence-corrected chi connectivity index (χ2v) is 7.77. The predicted octanol–water partition coefficient (Wildman–Crippen LogP) is 1.02. The van der Waals surface area contributed by atoms with Gasteiger partial charge in [0.15, 0.2) is 4.90 Å². The molecule has 0 aromatic heterocycles. The fourth-order valence-corrected chi connectivity index (χ4v) is 4.75. The minimum absolute atomic E-state index is 0.145. The zero-order valence-corrected chi connectivity index (χ0v) is 12.8. The molecule has 1 aromatic rings. The predicted molar refractivity (Wildman–Crippen MR) is 78.5 cm³/mol. The van der Waals surface area contributed by atoms with Crippen molar-refractivity contribution in [1.82, 2.24) is 9.62 Å². The number of nitrogens with one attached hydrogen (secondary N) is 1. The highest BCUT2D eigenvalue weighted by Crippen LogP contribution is 2.48. The maximum atomic E-state index is 12.3. The van der Waals surface area contributed by atoms with Crippen LogP contribution in [0.5, 0.6) is 0 Å². The van der Waals surface area contributed by atoms with E-state index in [0.717, 1.165) is 6.07 Å². The summed E-state index contributed by atoms with van der Waals surface area (Å²) in [5.74, 6) is 0. The van der Waals surface area contributed by atoms with Crippen LogP contribution in [0.25, 0.3) is 0 Å². The Morgan fingerprint density at radius 1 is 1.35 bits per heavy atom. The number of hydrogen-bond acceptors (Lipinski definition) is 5. The molecule has 10 heteroatoms. The lowest BCUT2D eigenvalue weighted by Crippen LogP contribution is -2.67. The van der Waals surface area contributed by atoms with Gasteiger partial charge in [0, 0.05) is 30.6 Å². The molecule has 1 saturated heterocycles. The lowest BCUT2D eigenvalue weighted by atomic mass is 9.61. The first kappa shape index (κ1) is 15.7. The van der Waals surface area contributed by atoms with Gasteiger partial charge in [0.05, 0.1) is 4.92 Å². The summed E-state index contributed by atoms with van der Waals surface area (Å²) in [4.78, 5) is 21.9. The highest BCUT2D eigenvalue weighted by atomic mass is 32.2. The van der Waals surface area contributed by atoms with Crippen molar-refractivity contribution < 1.29 is 23.2 Å². The van der Waals surface area contributed by atoms with Crippen molar-refractivity contribution >= 4 is 21.8 Å². The summed E-state index contributed by atoms with van der Waals surface area (Å²) >= 11 is 0. The van der Waals surface area contributed by atoms with E-state index in [0.29, 0.717) is 25.9 Å². The minimum Gasteiger partial charge on any atom is -0.465 e. The van der Waals surface area contributed by atoms with Gasteiger partial charge in [-0.2, -0.15) is 0 Å². The Balaban J connectivity index is 1.66. The van der Waals surface area contributed by atoms with Crippen LogP contribution in [0.2, 0.25) is 0 Å². The minimum atomic E-state index is -3.98. The summed E-state index contributed by atoms with van der Waals surface area (Å²) in [7, 11) is -3.98. The number of rotatable bonds is 4. The maximum absolute atomic E-state index is 12.3. The molecule has 2 aliphatic rings. The molecule has 2 N–H and O–H groups in total. The van der Waals surface area contributed by atoms with Gasteiger partial charge >= 0.3 is 6.09 Å². The van der Waals surface area contributed by atoms with E-state index in [1.807, 2.05) is 0 Å². The Bertz CT molecular complexity index is 764. The van der Waals surface area contributed by atoms with E-state index in [9.17, 15) is 23.3 Å². The van der Waals surface area contributed by atoms with E-state index in [4.69, 9.17) is 5.11 Å². The van der Waals surface area contributed by atoms with Gasteiger partial charge < -0.3 is 10.0 Å². The number of carboxylic acid groups (broad SMARTS) is 1. The molecule has 23 heavy (non-hydrogen) atoms. The fraction of sp³-hybridized carbons (Fsp3) is 0.462. The normalized spacial score (nSPS) is 19.9. The van der Waals surface area contributed by atoms with Crippen LogP contribution in [-0.2, 0) is 10.0 Å². The van der Waals surface area contributed by atoms with E-state index >= 15 is 0 Å². The number of nitro groups is 1. The quantitative estimate of drug-likeness (QED) is 0.621. The molecule has 1 amide bonds. The summed E-state index contributed by atoms with van der Waals surface area (Å²) in [6.45, 7) is 0.818. The molecule has 0 radical (unpaired) electrons. The second-order valence-electron chi connectivity index (χ2n) is 6.09. The SMILES string of the molecule is O=C(O)N1CC2(CC(NS(=O)(=O)c3ccccc3[N+](=O)[O-])C2)C1. The van der Waals surface area contributed by atoms with Gasteiger partial charge in [0.1, 0.15) is 0 Å². The average molecular weight is 341 g/mol. The van der Waals surface area contributed by atoms with Gasteiger partial charge in [-0.15, -0.1) is 0 Å². The molecule has 0 atom stereocenters. The van der Waals surface area contributed by atoms with Crippen molar-refractivity contribution in [3.8, 4) is 0 Å². The highest BCUT2D eigenvalue weighted by molar-refractivity contribution is 7.89. The van der Waals surface area contributed by atoms with Crippen molar-refractivity contribution in [2.24, 2.45) is 5.41 Å². The number of nitrogens with zero attached hydrogens (tertiary/aromatic N) is 2.